The third-order valence-corrected chi connectivity index (χ3v) is 4.16. The summed E-state index contributed by atoms with van der Waals surface area (Å²) in [7, 11) is -3.43. The van der Waals surface area contributed by atoms with Crippen LogP contribution in [-0.4, -0.2) is 18.6 Å². The van der Waals surface area contributed by atoms with Crippen LogP contribution in [0, 0.1) is 0 Å². The largest absolute Gasteiger partial charge is 0.339 e. The number of hydrogen-bond donors (Lipinski definition) is 0. The predicted octanol–water partition coefficient (Wildman–Crippen LogP) is 2.34. The van der Waals surface area contributed by atoms with Crippen molar-refractivity contribution in [3.8, 4) is 0 Å². The standard InChI is InChI=1S/C13H16N2O3S/c1-13(2,3)12-14-11(15-18-12)9-19(16,17)10-7-5-4-6-8-10/h4-8H,9H2,1-3H3. The summed E-state index contributed by atoms with van der Waals surface area (Å²) in [5.74, 6) is 0.371. The maximum Gasteiger partial charge on any atom is 0.232 e. The van der Waals surface area contributed by atoms with Gasteiger partial charge in [0.2, 0.25) is 5.89 Å². The first-order valence-electron chi connectivity index (χ1n) is 5.90. The first-order chi connectivity index (χ1) is 8.79. The van der Waals surface area contributed by atoms with Crippen LogP contribution in [0.25, 0.3) is 0 Å². The number of hydrogen-bond acceptors (Lipinski definition) is 5. The molecule has 0 unspecified atom stereocenters. The molecule has 0 saturated carbocycles. The third-order valence-electron chi connectivity index (χ3n) is 2.53. The maximum absolute atomic E-state index is 12.1. The van der Waals surface area contributed by atoms with Gasteiger partial charge in [0.25, 0.3) is 0 Å². The zero-order valence-electron chi connectivity index (χ0n) is 11.1. The Morgan fingerprint density at radius 3 is 2.32 bits per heavy atom. The van der Waals surface area contributed by atoms with Gasteiger partial charge in [-0.25, -0.2) is 8.42 Å². The normalized spacial score (nSPS) is 12.6. The minimum Gasteiger partial charge on any atom is -0.339 e. The van der Waals surface area contributed by atoms with E-state index in [1.807, 2.05) is 20.8 Å². The molecule has 0 radical (unpaired) electrons. The number of nitrogens with zero attached hydrogens (tertiary/aromatic N) is 2. The molecule has 6 heteroatoms. The molecule has 1 heterocycles. The zero-order valence-corrected chi connectivity index (χ0v) is 11.9. The molecule has 0 aliphatic carbocycles. The number of rotatable bonds is 3. The molecule has 1 aromatic heterocycles. The lowest BCUT2D eigenvalue weighted by molar-refractivity contribution is 0.319. The maximum atomic E-state index is 12.1. The average molecular weight is 280 g/mol. The topological polar surface area (TPSA) is 73.1 Å². The Kier molecular flexibility index (Phi) is 3.45. The zero-order chi connectivity index (χ0) is 14.1. The molecular formula is C13H16N2O3S. The first kappa shape index (κ1) is 13.7. The molecule has 0 bridgehead atoms. The van der Waals surface area contributed by atoms with Crippen molar-refractivity contribution < 1.29 is 12.9 Å². The summed E-state index contributed by atoms with van der Waals surface area (Å²) in [6.07, 6.45) is 0. The predicted molar refractivity (Wildman–Crippen MR) is 70.3 cm³/mol. The molecule has 0 aliphatic rings. The summed E-state index contributed by atoms with van der Waals surface area (Å²) in [4.78, 5) is 4.40. The Labute approximate surface area is 112 Å². The Balaban J connectivity index is 2.25. The molecule has 0 amide bonds. The molecule has 0 saturated heterocycles. The lowest BCUT2D eigenvalue weighted by Crippen LogP contribution is -2.12. The van der Waals surface area contributed by atoms with E-state index in [9.17, 15) is 8.42 Å². The van der Waals surface area contributed by atoms with Crippen LogP contribution < -0.4 is 0 Å². The average Bonchev–Trinajstić information content (AvgIpc) is 2.78. The molecule has 0 N–H and O–H groups in total. The van der Waals surface area contributed by atoms with E-state index in [4.69, 9.17) is 4.52 Å². The smallest absolute Gasteiger partial charge is 0.232 e. The fourth-order valence-corrected chi connectivity index (χ4v) is 2.69. The van der Waals surface area contributed by atoms with Crippen LogP contribution in [0.5, 0.6) is 0 Å². The van der Waals surface area contributed by atoms with Gasteiger partial charge < -0.3 is 4.52 Å². The summed E-state index contributed by atoms with van der Waals surface area (Å²) in [6.45, 7) is 5.78. The van der Waals surface area contributed by atoms with Crippen molar-refractivity contribution in [2.75, 3.05) is 0 Å². The van der Waals surface area contributed by atoms with Crippen LogP contribution in [0.3, 0.4) is 0 Å². The minimum atomic E-state index is -3.43. The van der Waals surface area contributed by atoms with Gasteiger partial charge in [-0.3, -0.25) is 0 Å². The van der Waals surface area contributed by atoms with E-state index in [2.05, 4.69) is 10.1 Å². The molecule has 0 spiro atoms. The Morgan fingerprint density at radius 1 is 1.16 bits per heavy atom. The fourth-order valence-electron chi connectivity index (χ4n) is 1.50. The lowest BCUT2D eigenvalue weighted by atomic mass is 9.97. The molecule has 1 aromatic carbocycles. The van der Waals surface area contributed by atoms with Crippen LogP contribution >= 0.6 is 0 Å². The van der Waals surface area contributed by atoms with Crippen LogP contribution in [-0.2, 0) is 21.0 Å². The van der Waals surface area contributed by atoms with Gasteiger partial charge in [-0.05, 0) is 12.1 Å². The van der Waals surface area contributed by atoms with Crippen LogP contribution in [0.2, 0.25) is 0 Å². The number of aromatic nitrogens is 2. The van der Waals surface area contributed by atoms with Gasteiger partial charge in [0.15, 0.2) is 15.7 Å². The Morgan fingerprint density at radius 2 is 1.79 bits per heavy atom. The molecule has 0 fully saturated rings. The summed E-state index contributed by atoms with van der Waals surface area (Å²) < 4.78 is 29.4. The van der Waals surface area contributed by atoms with E-state index in [1.54, 1.807) is 30.3 Å². The Bertz CT molecular complexity index is 655. The van der Waals surface area contributed by atoms with Gasteiger partial charge >= 0.3 is 0 Å². The van der Waals surface area contributed by atoms with E-state index in [0.717, 1.165) is 0 Å². The second-order valence-electron chi connectivity index (χ2n) is 5.34. The van der Waals surface area contributed by atoms with Gasteiger partial charge in [0, 0.05) is 5.41 Å². The molecular weight excluding hydrogens is 264 g/mol. The van der Waals surface area contributed by atoms with E-state index < -0.39 is 9.84 Å². The van der Waals surface area contributed by atoms with Crippen molar-refractivity contribution in [1.29, 1.82) is 0 Å². The molecule has 0 atom stereocenters. The second-order valence-corrected chi connectivity index (χ2v) is 7.33. The first-order valence-corrected chi connectivity index (χ1v) is 7.55. The van der Waals surface area contributed by atoms with Crippen molar-refractivity contribution in [2.45, 2.75) is 36.8 Å². The van der Waals surface area contributed by atoms with Gasteiger partial charge in [0.05, 0.1) is 4.90 Å². The number of sulfone groups is 1. The summed E-state index contributed by atoms with van der Waals surface area (Å²) in [6, 6.07) is 8.25. The van der Waals surface area contributed by atoms with Gasteiger partial charge in [-0.1, -0.05) is 44.1 Å². The van der Waals surface area contributed by atoms with Gasteiger partial charge in [-0.2, -0.15) is 4.98 Å². The molecule has 19 heavy (non-hydrogen) atoms. The van der Waals surface area contributed by atoms with Crippen LogP contribution in [0.15, 0.2) is 39.8 Å². The van der Waals surface area contributed by atoms with Crippen molar-refractivity contribution in [2.24, 2.45) is 0 Å². The van der Waals surface area contributed by atoms with E-state index >= 15 is 0 Å². The SMILES string of the molecule is CC(C)(C)c1nc(CS(=O)(=O)c2ccccc2)no1. The minimum absolute atomic E-state index is 0.189. The second kappa shape index (κ2) is 4.77. The highest BCUT2D eigenvalue weighted by Crippen LogP contribution is 2.21. The highest BCUT2D eigenvalue weighted by molar-refractivity contribution is 7.90. The molecule has 2 rings (SSSR count). The molecule has 5 nitrogen and oxygen atoms in total. The van der Waals surface area contributed by atoms with Crippen molar-refractivity contribution in [3.63, 3.8) is 0 Å². The van der Waals surface area contributed by atoms with Gasteiger partial charge in [-0.15, -0.1) is 0 Å². The monoisotopic (exact) mass is 280 g/mol. The Hall–Kier alpha value is -1.69. The van der Waals surface area contributed by atoms with E-state index in [0.29, 0.717) is 5.89 Å². The molecule has 102 valence electrons. The van der Waals surface area contributed by atoms with Crippen molar-refractivity contribution in [3.05, 3.63) is 42.0 Å². The fraction of sp³-hybridized carbons (Fsp3) is 0.385. The molecule has 0 aliphatic heterocycles. The third kappa shape index (κ3) is 3.20. The summed E-state index contributed by atoms with van der Waals surface area (Å²) in [5, 5.41) is 3.73. The van der Waals surface area contributed by atoms with Crippen LogP contribution in [0.4, 0.5) is 0 Å². The van der Waals surface area contributed by atoms with E-state index in [-0.39, 0.29) is 21.9 Å². The highest BCUT2D eigenvalue weighted by Gasteiger charge is 2.24. The summed E-state index contributed by atoms with van der Waals surface area (Å²) >= 11 is 0. The van der Waals surface area contributed by atoms with Crippen molar-refractivity contribution in [1.82, 2.24) is 10.1 Å². The molecule has 2 aromatic rings. The van der Waals surface area contributed by atoms with Crippen molar-refractivity contribution >= 4 is 9.84 Å². The van der Waals surface area contributed by atoms with Gasteiger partial charge in [0.1, 0.15) is 5.75 Å². The quantitative estimate of drug-likeness (QED) is 0.862. The van der Waals surface area contributed by atoms with Crippen LogP contribution in [0.1, 0.15) is 32.5 Å². The highest BCUT2D eigenvalue weighted by atomic mass is 32.2. The van der Waals surface area contributed by atoms with E-state index in [1.165, 1.54) is 0 Å². The lowest BCUT2D eigenvalue weighted by Gasteiger charge is -2.10. The summed E-state index contributed by atoms with van der Waals surface area (Å²) in [5.41, 5.74) is -0.290. The number of benzene rings is 1.